The zero-order valence-electron chi connectivity index (χ0n) is 23.4. The van der Waals surface area contributed by atoms with Crippen molar-refractivity contribution in [3.63, 3.8) is 0 Å². The number of rotatable bonds is 12. The van der Waals surface area contributed by atoms with Gasteiger partial charge in [0.05, 0.1) is 30.9 Å². The number of methoxy groups -OCH3 is 1. The Bertz CT molecular complexity index is 1360. The molecule has 0 saturated carbocycles. The summed E-state index contributed by atoms with van der Waals surface area (Å²) in [5.74, 6) is -3.68. The maximum absolute atomic E-state index is 16.1. The number of alkyl halides is 1. The third kappa shape index (κ3) is 7.43. The molecule has 1 N–H and O–H groups in total. The Kier molecular flexibility index (Phi) is 10.0. The number of carboxylic acids is 1. The van der Waals surface area contributed by atoms with E-state index in [-0.39, 0.29) is 12.8 Å². The molecular formula is C30H35F4N3O3S. The number of thioether (sulfide) groups is 1. The second kappa shape index (κ2) is 13.3. The number of carbonyl (C=O) groups is 1. The molecule has 11 heteroatoms. The molecule has 222 valence electrons. The second-order valence-electron chi connectivity index (χ2n) is 10.8. The number of aliphatic carboxylic acids is 1. The van der Waals surface area contributed by atoms with Gasteiger partial charge in [-0.2, -0.15) is 0 Å². The van der Waals surface area contributed by atoms with Crippen LogP contribution >= 0.6 is 11.8 Å². The summed E-state index contributed by atoms with van der Waals surface area (Å²) < 4.78 is 61.7. The summed E-state index contributed by atoms with van der Waals surface area (Å²) >= 11 is 1.23. The molecule has 0 amide bonds. The van der Waals surface area contributed by atoms with Gasteiger partial charge in [0, 0.05) is 42.2 Å². The Hall–Kier alpha value is -3.05. The summed E-state index contributed by atoms with van der Waals surface area (Å²) in [7, 11) is 5.23. The first-order valence-corrected chi connectivity index (χ1v) is 14.5. The van der Waals surface area contributed by atoms with E-state index < -0.39 is 35.0 Å². The molecule has 1 aromatic heterocycles. The smallest absolute Gasteiger partial charge is 0.303 e. The Balaban J connectivity index is 1.42. The van der Waals surface area contributed by atoms with E-state index in [1.54, 1.807) is 31.5 Å². The van der Waals surface area contributed by atoms with Gasteiger partial charge in [0.25, 0.3) is 0 Å². The summed E-state index contributed by atoms with van der Waals surface area (Å²) in [5.41, 5.74) is 1.31. The van der Waals surface area contributed by atoms with Crippen molar-refractivity contribution < 1.29 is 32.2 Å². The lowest BCUT2D eigenvalue weighted by Crippen LogP contribution is -2.42. The number of fused-ring (bicyclic) bond motifs is 1. The molecule has 1 unspecified atom stereocenters. The quantitative estimate of drug-likeness (QED) is 0.140. The molecule has 1 aliphatic heterocycles. The van der Waals surface area contributed by atoms with Crippen molar-refractivity contribution in [1.29, 1.82) is 0 Å². The molecule has 4 rings (SSSR count). The van der Waals surface area contributed by atoms with Crippen LogP contribution < -0.4 is 9.64 Å². The molecule has 0 aliphatic carbocycles. The normalized spacial score (nSPS) is 16.1. The monoisotopic (exact) mass is 593 g/mol. The Morgan fingerprint density at radius 2 is 1.85 bits per heavy atom. The zero-order chi connectivity index (χ0) is 29.7. The SMILES string of the molecule is COc1ccc2ncc(N(C)C)c(C(F)CCC3(CC(=O)O)CCN(CCSc4cc(F)c(F)c(F)c4)CC3)c2c1. The number of anilines is 1. The van der Waals surface area contributed by atoms with Crippen molar-refractivity contribution in [1.82, 2.24) is 9.88 Å². The van der Waals surface area contributed by atoms with Gasteiger partial charge in [-0.3, -0.25) is 9.78 Å². The van der Waals surface area contributed by atoms with Crippen molar-refractivity contribution >= 4 is 34.3 Å². The maximum Gasteiger partial charge on any atom is 0.303 e. The van der Waals surface area contributed by atoms with E-state index in [0.29, 0.717) is 77.4 Å². The van der Waals surface area contributed by atoms with Gasteiger partial charge in [0.15, 0.2) is 17.5 Å². The number of nitrogens with zero attached hydrogens (tertiary/aromatic N) is 3. The molecule has 1 atom stereocenters. The number of hydrogen-bond acceptors (Lipinski definition) is 6. The van der Waals surface area contributed by atoms with E-state index in [2.05, 4.69) is 9.88 Å². The number of carboxylic acid groups (broad SMARTS) is 1. The Morgan fingerprint density at radius 3 is 2.46 bits per heavy atom. The number of halogens is 4. The van der Waals surface area contributed by atoms with Crippen molar-refractivity contribution in [2.45, 2.75) is 43.2 Å². The highest BCUT2D eigenvalue weighted by molar-refractivity contribution is 7.99. The Labute approximate surface area is 241 Å². The number of hydrogen-bond donors (Lipinski definition) is 1. The number of pyridine rings is 1. The number of benzene rings is 2. The first-order chi connectivity index (χ1) is 19.5. The molecule has 1 aliphatic rings. The maximum atomic E-state index is 16.1. The van der Waals surface area contributed by atoms with Crippen LogP contribution in [-0.4, -0.2) is 67.6 Å². The molecule has 0 radical (unpaired) electrons. The van der Waals surface area contributed by atoms with Crippen LogP contribution in [-0.2, 0) is 4.79 Å². The van der Waals surface area contributed by atoms with Crippen molar-refractivity contribution in [3.05, 3.63) is 59.5 Å². The summed E-state index contributed by atoms with van der Waals surface area (Å²) in [4.78, 5) is 20.6. The van der Waals surface area contributed by atoms with E-state index >= 15 is 4.39 Å². The summed E-state index contributed by atoms with van der Waals surface area (Å²) in [6.45, 7) is 1.89. The number of piperidine rings is 1. The number of likely N-dealkylation sites (tertiary alicyclic amines) is 1. The van der Waals surface area contributed by atoms with E-state index in [1.165, 1.54) is 11.8 Å². The van der Waals surface area contributed by atoms with Crippen molar-refractivity contribution in [2.75, 3.05) is 51.5 Å². The third-order valence-corrected chi connectivity index (χ3v) is 8.85. The zero-order valence-corrected chi connectivity index (χ0v) is 24.2. The minimum absolute atomic E-state index is 0.0398. The molecule has 0 bridgehead atoms. The topological polar surface area (TPSA) is 65.9 Å². The highest BCUT2D eigenvalue weighted by atomic mass is 32.2. The lowest BCUT2D eigenvalue weighted by Gasteiger charge is -2.41. The van der Waals surface area contributed by atoms with Gasteiger partial charge in [0.1, 0.15) is 11.9 Å². The number of ether oxygens (including phenoxy) is 1. The Morgan fingerprint density at radius 1 is 1.17 bits per heavy atom. The molecular weight excluding hydrogens is 558 g/mol. The number of aromatic nitrogens is 1. The summed E-state index contributed by atoms with van der Waals surface area (Å²) in [6, 6.07) is 7.33. The van der Waals surface area contributed by atoms with Crippen LogP contribution in [0.4, 0.5) is 23.2 Å². The molecule has 0 spiro atoms. The van der Waals surface area contributed by atoms with E-state index in [0.717, 1.165) is 12.1 Å². The first-order valence-electron chi connectivity index (χ1n) is 13.5. The fourth-order valence-electron chi connectivity index (χ4n) is 5.57. The fraction of sp³-hybridized carbons (Fsp3) is 0.467. The van der Waals surface area contributed by atoms with Crippen LogP contribution in [0.2, 0.25) is 0 Å². The molecule has 6 nitrogen and oxygen atoms in total. The van der Waals surface area contributed by atoms with Gasteiger partial charge < -0.3 is 19.6 Å². The van der Waals surface area contributed by atoms with Crippen molar-refractivity contribution in [3.8, 4) is 5.75 Å². The highest BCUT2D eigenvalue weighted by Crippen LogP contribution is 2.44. The highest BCUT2D eigenvalue weighted by Gasteiger charge is 2.37. The van der Waals surface area contributed by atoms with Gasteiger partial charge in [-0.05, 0) is 74.5 Å². The van der Waals surface area contributed by atoms with Gasteiger partial charge in [-0.1, -0.05) is 0 Å². The van der Waals surface area contributed by atoms with Crippen LogP contribution in [0.25, 0.3) is 10.9 Å². The van der Waals surface area contributed by atoms with E-state index in [1.807, 2.05) is 19.0 Å². The van der Waals surface area contributed by atoms with Crippen LogP contribution in [0.1, 0.15) is 43.8 Å². The molecule has 41 heavy (non-hydrogen) atoms. The lowest BCUT2D eigenvalue weighted by atomic mass is 9.71. The van der Waals surface area contributed by atoms with Gasteiger partial charge in [-0.15, -0.1) is 11.8 Å². The van der Waals surface area contributed by atoms with Gasteiger partial charge in [0.2, 0.25) is 0 Å². The standard InChI is InChI=1S/C30H35F4N3O3S/c1-36(2)26-18-35-25-5-4-19(40-3)14-21(25)28(26)22(31)6-7-30(17-27(38)39)8-10-37(11-9-30)12-13-41-20-15-23(32)29(34)24(33)16-20/h4-5,14-16,18,22H,6-13,17H2,1-3H3,(H,38,39). The van der Waals surface area contributed by atoms with Gasteiger partial charge in [-0.25, -0.2) is 17.6 Å². The van der Waals surface area contributed by atoms with Crippen LogP contribution in [0.15, 0.2) is 41.4 Å². The minimum Gasteiger partial charge on any atom is -0.497 e. The van der Waals surface area contributed by atoms with Gasteiger partial charge >= 0.3 is 5.97 Å². The molecule has 3 aromatic rings. The molecule has 1 saturated heterocycles. The minimum atomic E-state index is -1.48. The molecule has 2 aromatic carbocycles. The predicted molar refractivity (Wildman–Crippen MR) is 153 cm³/mol. The van der Waals surface area contributed by atoms with E-state index in [4.69, 9.17) is 4.74 Å². The average molecular weight is 594 g/mol. The average Bonchev–Trinajstić information content (AvgIpc) is 2.94. The van der Waals surface area contributed by atoms with Crippen LogP contribution in [0.3, 0.4) is 0 Å². The van der Waals surface area contributed by atoms with Crippen molar-refractivity contribution in [2.24, 2.45) is 5.41 Å². The molecule has 2 heterocycles. The molecule has 1 fully saturated rings. The predicted octanol–water partition coefficient (Wildman–Crippen LogP) is 6.87. The summed E-state index contributed by atoms with van der Waals surface area (Å²) in [5, 5.41) is 10.4. The second-order valence-corrected chi connectivity index (χ2v) is 12.0. The fourth-order valence-corrected chi connectivity index (χ4v) is 6.53. The third-order valence-electron chi connectivity index (χ3n) is 7.90. The summed E-state index contributed by atoms with van der Waals surface area (Å²) in [6.07, 6.45) is 2.07. The van der Waals surface area contributed by atoms with E-state index in [9.17, 15) is 23.1 Å². The lowest BCUT2D eigenvalue weighted by molar-refractivity contribution is -0.141. The van der Waals surface area contributed by atoms with Crippen LogP contribution in [0, 0.1) is 22.9 Å². The first kappa shape index (κ1) is 30.9. The van der Waals surface area contributed by atoms with Crippen LogP contribution in [0.5, 0.6) is 5.75 Å². The largest absolute Gasteiger partial charge is 0.497 e.